The first-order valence-electron chi connectivity index (χ1n) is 14.8. The molecule has 0 radical (unpaired) electrons. The van der Waals surface area contributed by atoms with Crippen LogP contribution in [0.2, 0.25) is 0 Å². The van der Waals surface area contributed by atoms with Gasteiger partial charge >= 0.3 is 5.97 Å². The Hall–Kier alpha value is -2.67. The van der Waals surface area contributed by atoms with Crippen molar-refractivity contribution in [2.75, 3.05) is 6.61 Å². The highest BCUT2D eigenvalue weighted by molar-refractivity contribution is 5.93. The molecule has 1 saturated heterocycles. The van der Waals surface area contributed by atoms with Crippen LogP contribution in [0.3, 0.4) is 0 Å². The Morgan fingerprint density at radius 2 is 1.74 bits per heavy atom. The van der Waals surface area contributed by atoms with Crippen LogP contribution in [-0.2, 0) is 23.9 Å². The number of Topliss-reactive ketones (excluding diaryl/α,β-unsaturated/α-hetero) is 1. The lowest BCUT2D eigenvalue weighted by Crippen LogP contribution is -2.78. The van der Waals surface area contributed by atoms with Crippen molar-refractivity contribution >= 4 is 17.7 Å². The lowest BCUT2D eigenvalue weighted by molar-refractivity contribution is -0.335. The van der Waals surface area contributed by atoms with Crippen molar-refractivity contribution in [2.24, 2.45) is 22.7 Å². The first-order chi connectivity index (χ1) is 19.9. The van der Waals surface area contributed by atoms with Gasteiger partial charge in [-0.2, -0.15) is 0 Å². The molecular formula is C32H43NO10. The predicted octanol–water partition coefficient (Wildman–Crippen LogP) is 0.711. The number of amides is 1. The second-order valence-corrected chi connectivity index (χ2v) is 13.7. The molecule has 236 valence electrons. The van der Waals surface area contributed by atoms with Crippen molar-refractivity contribution in [2.45, 2.75) is 102 Å². The Morgan fingerprint density at radius 3 is 2.30 bits per heavy atom. The molecule has 2 bridgehead atoms. The molecule has 0 spiro atoms. The summed E-state index contributed by atoms with van der Waals surface area (Å²) in [4.78, 5) is 39.6. The molecule has 11 nitrogen and oxygen atoms in total. The van der Waals surface area contributed by atoms with E-state index < -0.39 is 88.1 Å². The van der Waals surface area contributed by atoms with E-state index in [9.17, 15) is 39.9 Å². The van der Waals surface area contributed by atoms with Crippen molar-refractivity contribution in [3.63, 3.8) is 0 Å². The van der Waals surface area contributed by atoms with Gasteiger partial charge in [-0.25, -0.2) is 4.79 Å². The average Bonchev–Trinajstić information content (AvgIpc) is 2.94. The molecular weight excluding hydrogens is 558 g/mol. The minimum absolute atomic E-state index is 0.00351. The van der Waals surface area contributed by atoms with Crippen LogP contribution in [0.1, 0.15) is 66.0 Å². The number of nitrogens with one attached hydrogen (secondary N) is 1. The number of aliphatic hydroxyl groups is 5. The Kier molecular flexibility index (Phi) is 7.72. The minimum atomic E-state index is -1.81. The molecule has 6 N–H and O–H groups in total. The average molecular weight is 602 g/mol. The molecule has 11 atom stereocenters. The fourth-order valence-corrected chi connectivity index (χ4v) is 8.68. The minimum Gasteiger partial charge on any atom is -0.456 e. The van der Waals surface area contributed by atoms with E-state index in [0.717, 1.165) is 0 Å². The van der Waals surface area contributed by atoms with Crippen LogP contribution < -0.4 is 5.32 Å². The van der Waals surface area contributed by atoms with Crippen LogP contribution in [-0.4, -0.2) is 91.5 Å². The number of carbonyl (C=O) groups is 3. The van der Waals surface area contributed by atoms with Gasteiger partial charge in [0.15, 0.2) is 11.9 Å². The van der Waals surface area contributed by atoms with Gasteiger partial charge in [0.1, 0.15) is 17.8 Å². The van der Waals surface area contributed by atoms with Crippen molar-refractivity contribution in [3.05, 3.63) is 47.0 Å². The van der Waals surface area contributed by atoms with Gasteiger partial charge < -0.3 is 40.3 Å². The van der Waals surface area contributed by atoms with Gasteiger partial charge in [0.2, 0.25) is 5.91 Å². The standard InChI is InChI=1S/C32H43NO10/c1-15-19(43-28(39)25(37)23(33-17(3)34)18-10-8-7-9-11-18)13-32(41)16(2)26-30(6,20(35)12-21-31(26,40)14-42-21)27(38)24(36)22(15)29(32,4)5/h7-11,16,19-21,23-26,35-37,40-41H,12-14H2,1-6H3,(H,33,34)/t16-,19?,20?,21?,23?,24?,25?,26?,30+,31?,32?/m0/s1. The molecule has 2 saturated carbocycles. The normalized spacial score (nSPS) is 41.4. The van der Waals surface area contributed by atoms with Gasteiger partial charge in [-0.15, -0.1) is 0 Å². The SMILES string of the molecule is CC(=O)NC(c1ccccc1)C(O)C(=O)OC1CC2(O)[C@@H](C)C3C4(O)COC4CC(O)[C@@]3(C)C(=O)C(O)C(=C1C)C2(C)C. The molecule has 9 unspecified atom stereocenters. The van der Waals surface area contributed by atoms with Gasteiger partial charge in [0, 0.05) is 31.1 Å². The number of hydrogen-bond donors (Lipinski definition) is 6. The summed E-state index contributed by atoms with van der Waals surface area (Å²) in [5.41, 5.74) is -5.14. The number of fused-ring (bicyclic) bond motifs is 5. The highest BCUT2D eigenvalue weighted by atomic mass is 16.6. The van der Waals surface area contributed by atoms with Crippen molar-refractivity contribution in [1.29, 1.82) is 0 Å². The Balaban J connectivity index is 1.57. The largest absolute Gasteiger partial charge is 0.456 e. The molecule has 3 fully saturated rings. The maximum Gasteiger partial charge on any atom is 0.338 e. The molecule has 1 aromatic carbocycles. The third-order valence-electron chi connectivity index (χ3n) is 11.2. The van der Waals surface area contributed by atoms with E-state index in [1.54, 1.807) is 58.0 Å². The van der Waals surface area contributed by atoms with E-state index in [2.05, 4.69) is 5.32 Å². The van der Waals surface area contributed by atoms with E-state index in [4.69, 9.17) is 9.47 Å². The summed E-state index contributed by atoms with van der Waals surface area (Å²) in [6.45, 7) is 9.41. The molecule has 1 aliphatic heterocycles. The number of ketones is 1. The fourth-order valence-electron chi connectivity index (χ4n) is 8.68. The van der Waals surface area contributed by atoms with Crippen LogP contribution in [0, 0.1) is 22.7 Å². The molecule has 11 heteroatoms. The topological polar surface area (TPSA) is 183 Å². The third kappa shape index (κ3) is 4.42. The fraction of sp³-hybridized carbons (Fsp3) is 0.656. The molecule has 4 aliphatic rings. The highest BCUT2D eigenvalue weighted by Gasteiger charge is 2.74. The number of rotatable bonds is 5. The summed E-state index contributed by atoms with van der Waals surface area (Å²) < 4.78 is 11.4. The van der Waals surface area contributed by atoms with Gasteiger partial charge in [-0.1, -0.05) is 51.1 Å². The van der Waals surface area contributed by atoms with Crippen LogP contribution in [0.4, 0.5) is 0 Å². The zero-order chi connectivity index (χ0) is 31.9. The summed E-state index contributed by atoms with van der Waals surface area (Å²) in [5.74, 6) is -4.08. The van der Waals surface area contributed by atoms with Crippen molar-refractivity contribution < 1.29 is 49.4 Å². The second kappa shape index (κ2) is 10.5. The lowest BCUT2D eigenvalue weighted by Gasteiger charge is -2.67. The number of aliphatic hydroxyl groups excluding tert-OH is 3. The summed E-state index contributed by atoms with van der Waals surface area (Å²) in [6, 6.07) is 7.33. The maximum absolute atomic E-state index is 14.2. The number of esters is 1. The maximum atomic E-state index is 14.2. The second-order valence-electron chi connectivity index (χ2n) is 13.7. The van der Waals surface area contributed by atoms with Gasteiger partial charge in [-0.05, 0) is 36.5 Å². The number of benzene rings is 1. The van der Waals surface area contributed by atoms with E-state index >= 15 is 0 Å². The van der Waals surface area contributed by atoms with Gasteiger partial charge in [-0.3, -0.25) is 9.59 Å². The Labute approximate surface area is 250 Å². The Morgan fingerprint density at radius 1 is 1.12 bits per heavy atom. The van der Waals surface area contributed by atoms with E-state index in [-0.39, 0.29) is 25.0 Å². The number of carbonyl (C=O) groups excluding carboxylic acids is 3. The zero-order valence-electron chi connectivity index (χ0n) is 25.4. The quantitative estimate of drug-likeness (QED) is 0.208. The van der Waals surface area contributed by atoms with Crippen LogP contribution in [0.25, 0.3) is 0 Å². The van der Waals surface area contributed by atoms with Crippen LogP contribution in [0.15, 0.2) is 41.5 Å². The number of hydrogen-bond acceptors (Lipinski definition) is 10. The molecule has 3 aliphatic carbocycles. The summed E-state index contributed by atoms with van der Waals surface area (Å²) in [6.07, 6.45) is -6.90. The summed E-state index contributed by atoms with van der Waals surface area (Å²) in [7, 11) is 0. The monoisotopic (exact) mass is 601 g/mol. The molecule has 0 aromatic heterocycles. The van der Waals surface area contributed by atoms with E-state index in [1.165, 1.54) is 13.8 Å². The summed E-state index contributed by atoms with van der Waals surface area (Å²) in [5, 5.41) is 61.1. The molecule has 1 aromatic rings. The molecule has 1 amide bonds. The smallest absolute Gasteiger partial charge is 0.338 e. The summed E-state index contributed by atoms with van der Waals surface area (Å²) >= 11 is 0. The third-order valence-corrected chi connectivity index (χ3v) is 11.2. The van der Waals surface area contributed by atoms with Gasteiger partial charge in [0.25, 0.3) is 0 Å². The van der Waals surface area contributed by atoms with Crippen molar-refractivity contribution in [3.8, 4) is 0 Å². The molecule has 1 heterocycles. The van der Waals surface area contributed by atoms with Crippen LogP contribution >= 0.6 is 0 Å². The molecule has 5 rings (SSSR count). The zero-order valence-corrected chi connectivity index (χ0v) is 25.4. The van der Waals surface area contributed by atoms with Crippen LogP contribution in [0.5, 0.6) is 0 Å². The van der Waals surface area contributed by atoms with Crippen molar-refractivity contribution in [1.82, 2.24) is 5.32 Å². The van der Waals surface area contributed by atoms with E-state index in [0.29, 0.717) is 11.1 Å². The van der Waals surface area contributed by atoms with Gasteiger partial charge in [0.05, 0.1) is 35.9 Å². The first kappa shape index (κ1) is 31.7. The number of ether oxygens (including phenoxy) is 2. The van der Waals surface area contributed by atoms with E-state index in [1.807, 2.05) is 0 Å². The highest BCUT2D eigenvalue weighted by Crippen LogP contribution is 2.64. The lowest BCUT2D eigenvalue weighted by atomic mass is 9.43. The molecule has 43 heavy (non-hydrogen) atoms. The Bertz CT molecular complexity index is 1340. The predicted molar refractivity (Wildman–Crippen MR) is 152 cm³/mol. The first-order valence-corrected chi connectivity index (χ1v) is 14.8.